The first-order valence-corrected chi connectivity index (χ1v) is 3.41. The molecule has 1 aliphatic carbocycles. The summed E-state index contributed by atoms with van der Waals surface area (Å²) in [5.74, 6) is 0.475. The van der Waals surface area contributed by atoms with Crippen molar-refractivity contribution in [1.29, 1.82) is 0 Å². The van der Waals surface area contributed by atoms with Crippen molar-refractivity contribution < 1.29 is 57.6 Å². The third-order valence-corrected chi connectivity index (χ3v) is 1.66. The smallest absolute Gasteiger partial charge is 1.00 e. The maximum absolute atomic E-state index is 10.7. The van der Waals surface area contributed by atoms with Crippen LogP contribution < -0.4 is 51.4 Å². The Balaban J connectivity index is 0. The van der Waals surface area contributed by atoms with Gasteiger partial charge in [0, 0.05) is 12.8 Å². The second kappa shape index (κ2) is 6.04. The number of Topliss-reactive ketones (excluding diaryl/α,β-unsaturated/α-hetero) is 1. The van der Waals surface area contributed by atoms with E-state index in [1.807, 2.05) is 0 Å². The van der Waals surface area contributed by atoms with Gasteiger partial charge in [0.05, 0.1) is 0 Å². The summed E-state index contributed by atoms with van der Waals surface area (Å²) in [5, 5.41) is 0. The molecule has 0 bridgehead atoms. The van der Waals surface area contributed by atoms with Crippen LogP contribution in [0.1, 0.15) is 40.0 Å². The molecule has 0 atom stereocenters. The predicted molar refractivity (Wildman–Crippen MR) is 33.8 cm³/mol. The van der Waals surface area contributed by atoms with Crippen LogP contribution in [0.25, 0.3) is 0 Å². The average Bonchev–Trinajstić information content (AvgIpc) is 1.94. The van der Waals surface area contributed by atoms with Crippen molar-refractivity contribution in [1.82, 2.24) is 0 Å². The summed E-state index contributed by atoms with van der Waals surface area (Å²) < 4.78 is 0. The molecule has 0 radical (unpaired) electrons. The van der Waals surface area contributed by atoms with Crippen molar-refractivity contribution in [2.45, 2.75) is 38.5 Å². The summed E-state index contributed by atoms with van der Waals surface area (Å²) in [4.78, 5) is 10.7. The zero-order valence-corrected chi connectivity index (χ0v) is 9.27. The molecule has 48 valence electrons. The van der Waals surface area contributed by atoms with E-state index in [1.54, 1.807) is 0 Å². The van der Waals surface area contributed by atoms with Crippen molar-refractivity contribution in [2.75, 3.05) is 0 Å². The molecule has 0 aromatic rings. The maximum atomic E-state index is 10.7. The van der Waals surface area contributed by atoms with Crippen molar-refractivity contribution in [2.24, 2.45) is 0 Å². The van der Waals surface area contributed by atoms with E-state index in [2.05, 4.69) is 0 Å². The van der Waals surface area contributed by atoms with Crippen LogP contribution >= 0.6 is 0 Å². The number of hydrogen-bond acceptors (Lipinski definition) is 1. The Kier molecular flexibility index (Phi) is 6.92. The summed E-state index contributed by atoms with van der Waals surface area (Å²) in [5.41, 5.74) is 0. The Bertz CT molecular complexity index is 85.6. The molecular weight excluding hydrogens is 139 g/mol. The van der Waals surface area contributed by atoms with Gasteiger partial charge in [-0.05, 0) is 12.8 Å². The van der Waals surface area contributed by atoms with Gasteiger partial charge in [-0.1, -0.05) is 12.8 Å². The van der Waals surface area contributed by atoms with Crippen molar-refractivity contribution in [3.8, 4) is 0 Å². The van der Waals surface area contributed by atoms with Crippen molar-refractivity contribution in [3.63, 3.8) is 0 Å². The van der Waals surface area contributed by atoms with Crippen LogP contribution in [-0.2, 0) is 4.79 Å². The fourth-order valence-electron chi connectivity index (χ4n) is 1.12. The van der Waals surface area contributed by atoms with Crippen LogP contribution in [0.15, 0.2) is 0 Å². The van der Waals surface area contributed by atoms with Crippen LogP contribution in [0.2, 0.25) is 0 Å². The van der Waals surface area contributed by atoms with E-state index in [-0.39, 0.29) is 52.8 Å². The summed E-state index contributed by atoms with van der Waals surface area (Å²) in [7, 11) is 0. The normalized spacial score (nSPS) is 20.2. The quantitative estimate of drug-likeness (QED) is 0.322. The molecule has 0 aliphatic heterocycles. The summed E-state index contributed by atoms with van der Waals surface area (Å²) in [6.07, 6.45) is 6.51. The van der Waals surface area contributed by atoms with E-state index in [1.165, 1.54) is 12.8 Å². The molecule has 0 spiro atoms. The first-order chi connectivity index (χ1) is 3.89. The Labute approximate surface area is 100 Å². The number of carbonyl (C=O) groups is 1. The number of rotatable bonds is 0. The average molecular weight is 152 g/mol. The first kappa shape index (κ1) is 10.3. The fourth-order valence-corrected chi connectivity index (χ4v) is 1.12. The van der Waals surface area contributed by atoms with E-state index in [4.69, 9.17) is 0 Å². The molecule has 1 nitrogen and oxygen atoms in total. The molecule has 1 rings (SSSR count). The minimum atomic E-state index is 0. The van der Waals surface area contributed by atoms with Gasteiger partial charge in [0.25, 0.3) is 0 Å². The zero-order valence-electron chi connectivity index (χ0n) is 7.15. The summed E-state index contributed by atoms with van der Waals surface area (Å²) >= 11 is 0. The first-order valence-electron chi connectivity index (χ1n) is 3.41. The molecule has 0 N–H and O–H groups in total. The molecule has 1 fully saturated rings. The minimum Gasteiger partial charge on any atom is -1.00 e. The minimum absolute atomic E-state index is 0. The van der Waals surface area contributed by atoms with Gasteiger partial charge in [0.2, 0.25) is 0 Å². The Morgan fingerprint density at radius 1 is 1.00 bits per heavy atom. The monoisotopic (exact) mass is 152 g/mol. The molecule has 9 heavy (non-hydrogen) atoms. The van der Waals surface area contributed by atoms with E-state index in [9.17, 15) is 4.79 Å². The molecule has 0 amide bonds. The van der Waals surface area contributed by atoms with Gasteiger partial charge in [-0.15, -0.1) is 0 Å². The SMILES string of the molecule is O=C1CCCCCC1.[H-].[K+]. The van der Waals surface area contributed by atoms with Gasteiger partial charge < -0.3 is 1.43 Å². The maximum Gasteiger partial charge on any atom is 1.00 e. The number of carbonyl (C=O) groups excluding carboxylic acids is 1. The third kappa shape index (κ3) is 4.68. The Hall–Kier alpha value is 1.31. The molecule has 0 heterocycles. The van der Waals surface area contributed by atoms with Gasteiger partial charge >= 0.3 is 51.4 Å². The van der Waals surface area contributed by atoms with Crippen molar-refractivity contribution >= 4 is 5.78 Å². The third-order valence-electron chi connectivity index (χ3n) is 1.66. The van der Waals surface area contributed by atoms with Gasteiger partial charge in [-0.2, -0.15) is 0 Å². The van der Waals surface area contributed by atoms with E-state index in [0.29, 0.717) is 5.78 Å². The Morgan fingerprint density at radius 2 is 1.44 bits per heavy atom. The standard InChI is InChI=1S/C7H12O.K.H/c8-7-5-3-1-2-4-6-7;;/h1-6H2;;/q;+1;-1. The molecular formula is C7H13KO. The van der Waals surface area contributed by atoms with Crippen LogP contribution in [-0.4, -0.2) is 5.78 Å². The number of ketones is 1. The summed E-state index contributed by atoms with van der Waals surface area (Å²) in [6.45, 7) is 0. The van der Waals surface area contributed by atoms with Gasteiger partial charge in [-0.3, -0.25) is 4.79 Å². The second-order valence-corrected chi connectivity index (χ2v) is 2.45. The van der Waals surface area contributed by atoms with E-state index < -0.39 is 0 Å². The van der Waals surface area contributed by atoms with Crippen LogP contribution in [0, 0.1) is 0 Å². The van der Waals surface area contributed by atoms with E-state index >= 15 is 0 Å². The van der Waals surface area contributed by atoms with Crippen LogP contribution in [0.5, 0.6) is 0 Å². The predicted octanol–water partition coefficient (Wildman–Crippen LogP) is -0.974. The Morgan fingerprint density at radius 3 is 1.89 bits per heavy atom. The molecule has 1 saturated carbocycles. The molecule has 0 aromatic carbocycles. The van der Waals surface area contributed by atoms with Gasteiger partial charge in [0.15, 0.2) is 0 Å². The van der Waals surface area contributed by atoms with E-state index in [0.717, 1.165) is 25.7 Å². The largest absolute Gasteiger partial charge is 1.00 e. The molecule has 0 aromatic heterocycles. The summed E-state index contributed by atoms with van der Waals surface area (Å²) in [6, 6.07) is 0. The van der Waals surface area contributed by atoms with Gasteiger partial charge in [-0.25, -0.2) is 0 Å². The fraction of sp³-hybridized carbons (Fsp3) is 0.857. The van der Waals surface area contributed by atoms with Gasteiger partial charge in [0.1, 0.15) is 5.78 Å². The number of hydrogen-bond donors (Lipinski definition) is 0. The molecule has 0 unspecified atom stereocenters. The van der Waals surface area contributed by atoms with Crippen LogP contribution in [0.4, 0.5) is 0 Å². The molecule has 0 saturated heterocycles. The van der Waals surface area contributed by atoms with Crippen molar-refractivity contribution in [3.05, 3.63) is 0 Å². The second-order valence-electron chi connectivity index (χ2n) is 2.45. The molecule has 1 aliphatic rings. The topological polar surface area (TPSA) is 17.1 Å². The zero-order chi connectivity index (χ0) is 5.82. The van der Waals surface area contributed by atoms with Crippen LogP contribution in [0.3, 0.4) is 0 Å². The molecule has 2 heteroatoms.